The van der Waals surface area contributed by atoms with E-state index in [2.05, 4.69) is 10.3 Å². The van der Waals surface area contributed by atoms with Crippen LogP contribution >= 0.6 is 11.6 Å². The molecule has 1 aromatic carbocycles. The maximum Gasteiger partial charge on any atom is 0.126 e. The Morgan fingerprint density at radius 1 is 1.12 bits per heavy atom. The van der Waals surface area contributed by atoms with Gasteiger partial charge in [-0.25, -0.2) is 4.98 Å². The number of nitrogens with one attached hydrogen (secondary N) is 1. The van der Waals surface area contributed by atoms with E-state index in [-0.39, 0.29) is 5.38 Å². The topological polar surface area (TPSA) is 24.9 Å². The number of pyridine rings is 1. The molecule has 0 fully saturated rings. The lowest BCUT2D eigenvalue weighted by Gasteiger charge is -2.11. The number of hydrogen-bond donors (Lipinski definition) is 1. The SMILES string of the molecule is Cc1cccc(NCC(Cl)c2ccccc2)n1. The van der Waals surface area contributed by atoms with Crippen LogP contribution in [0.5, 0.6) is 0 Å². The highest BCUT2D eigenvalue weighted by Gasteiger charge is 2.06. The molecule has 2 rings (SSSR count). The van der Waals surface area contributed by atoms with Crippen molar-refractivity contribution in [3.05, 3.63) is 59.8 Å². The predicted molar refractivity (Wildman–Crippen MR) is 72.5 cm³/mol. The van der Waals surface area contributed by atoms with Gasteiger partial charge in [0.05, 0.1) is 5.38 Å². The van der Waals surface area contributed by atoms with Gasteiger partial charge in [0, 0.05) is 12.2 Å². The number of nitrogens with zero attached hydrogens (tertiary/aromatic N) is 1. The molecule has 0 spiro atoms. The van der Waals surface area contributed by atoms with E-state index in [1.165, 1.54) is 0 Å². The Kier molecular flexibility index (Phi) is 3.99. The molecular weight excluding hydrogens is 232 g/mol. The van der Waals surface area contributed by atoms with Gasteiger partial charge < -0.3 is 5.32 Å². The number of alkyl halides is 1. The summed E-state index contributed by atoms with van der Waals surface area (Å²) in [4.78, 5) is 4.37. The van der Waals surface area contributed by atoms with Crippen LogP contribution in [0.2, 0.25) is 0 Å². The molecule has 1 unspecified atom stereocenters. The van der Waals surface area contributed by atoms with Crippen molar-refractivity contribution in [1.82, 2.24) is 4.98 Å². The van der Waals surface area contributed by atoms with Gasteiger partial charge in [0.2, 0.25) is 0 Å². The van der Waals surface area contributed by atoms with Gasteiger partial charge in [0.15, 0.2) is 0 Å². The van der Waals surface area contributed by atoms with E-state index in [9.17, 15) is 0 Å². The second-order valence-electron chi connectivity index (χ2n) is 3.92. The van der Waals surface area contributed by atoms with E-state index < -0.39 is 0 Å². The summed E-state index contributed by atoms with van der Waals surface area (Å²) in [5.74, 6) is 0.867. The van der Waals surface area contributed by atoms with E-state index >= 15 is 0 Å². The van der Waals surface area contributed by atoms with Crippen LogP contribution in [-0.4, -0.2) is 11.5 Å². The molecule has 17 heavy (non-hydrogen) atoms. The zero-order valence-electron chi connectivity index (χ0n) is 9.73. The van der Waals surface area contributed by atoms with Gasteiger partial charge in [-0.15, -0.1) is 11.6 Å². The van der Waals surface area contributed by atoms with Gasteiger partial charge in [-0.2, -0.15) is 0 Å². The average molecular weight is 247 g/mol. The van der Waals surface area contributed by atoms with E-state index in [4.69, 9.17) is 11.6 Å². The lowest BCUT2D eigenvalue weighted by molar-refractivity contribution is 0.964. The fraction of sp³-hybridized carbons (Fsp3) is 0.214. The number of benzene rings is 1. The Balaban J connectivity index is 1.95. The molecule has 0 amide bonds. The summed E-state index contributed by atoms with van der Waals surface area (Å²) >= 11 is 6.31. The first-order valence-corrected chi connectivity index (χ1v) is 6.06. The third-order valence-electron chi connectivity index (χ3n) is 2.51. The monoisotopic (exact) mass is 246 g/mol. The van der Waals surface area contributed by atoms with Gasteiger partial charge in [-0.1, -0.05) is 36.4 Å². The summed E-state index contributed by atoms with van der Waals surface area (Å²) in [5.41, 5.74) is 2.12. The van der Waals surface area contributed by atoms with Gasteiger partial charge >= 0.3 is 0 Å². The first-order valence-electron chi connectivity index (χ1n) is 5.62. The van der Waals surface area contributed by atoms with Crippen molar-refractivity contribution < 1.29 is 0 Å². The number of aryl methyl sites for hydroxylation is 1. The van der Waals surface area contributed by atoms with E-state index in [0.717, 1.165) is 17.1 Å². The van der Waals surface area contributed by atoms with Crippen LogP contribution in [0.4, 0.5) is 5.82 Å². The molecule has 3 heteroatoms. The molecular formula is C14H15ClN2. The molecule has 0 radical (unpaired) electrons. The summed E-state index contributed by atoms with van der Waals surface area (Å²) in [6.45, 7) is 2.64. The van der Waals surface area contributed by atoms with Crippen LogP contribution in [0.15, 0.2) is 48.5 Å². The number of anilines is 1. The zero-order valence-corrected chi connectivity index (χ0v) is 10.5. The van der Waals surface area contributed by atoms with E-state index in [0.29, 0.717) is 6.54 Å². The van der Waals surface area contributed by atoms with Crippen molar-refractivity contribution in [2.75, 3.05) is 11.9 Å². The summed E-state index contributed by atoms with van der Waals surface area (Å²) < 4.78 is 0. The van der Waals surface area contributed by atoms with Crippen molar-refractivity contribution in [3.8, 4) is 0 Å². The quantitative estimate of drug-likeness (QED) is 0.831. The maximum atomic E-state index is 6.31. The van der Waals surface area contributed by atoms with E-state index in [1.807, 2.05) is 55.5 Å². The number of hydrogen-bond acceptors (Lipinski definition) is 2. The van der Waals surface area contributed by atoms with Crippen molar-refractivity contribution in [1.29, 1.82) is 0 Å². The average Bonchev–Trinajstić information content (AvgIpc) is 2.37. The lowest BCUT2D eigenvalue weighted by atomic mass is 10.1. The van der Waals surface area contributed by atoms with E-state index in [1.54, 1.807) is 0 Å². The molecule has 1 atom stereocenters. The fourth-order valence-electron chi connectivity index (χ4n) is 1.62. The molecule has 0 aliphatic rings. The molecule has 1 N–H and O–H groups in total. The second kappa shape index (κ2) is 5.69. The van der Waals surface area contributed by atoms with Gasteiger partial charge in [-0.05, 0) is 24.6 Å². The van der Waals surface area contributed by atoms with Crippen molar-refractivity contribution in [3.63, 3.8) is 0 Å². The number of halogens is 1. The molecule has 0 saturated carbocycles. The molecule has 1 heterocycles. The minimum atomic E-state index is -0.0430. The Bertz CT molecular complexity index is 471. The Morgan fingerprint density at radius 3 is 2.59 bits per heavy atom. The smallest absolute Gasteiger partial charge is 0.126 e. The standard InChI is InChI=1S/C14H15ClN2/c1-11-6-5-9-14(17-11)16-10-13(15)12-7-3-2-4-8-12/h2-9,13H,10H2,1H3,(H,16,17). The summed E-state index contributed by atoms with van der Waals surface area (Å²) in [6.07, 6.45) is 0. The zero-order chi connectivity index (χ0) is 12.1. The first-order chi connectivity index (χ1) is 8.25. The minimum absolute atomic E-state index is 0.0430. The third kappa shape index (κ3) is 3.46. The van der Waals surface area contributed by atoms with Crippen molar-refractivity contribution in [2.45, 2.75) is 12.3 Å². The third-order valence-corrected chi connectivity index (χ3v) is 2.92. The second-order valence-corrected chi connectivity index (χ2v) is 4.45. The molecule has 0 aliphatic carbocycles. The first kappa shape index (κ1) is 11.9. The van der Waals surface area contributed by atoms with Crippen LogP contribution in [0.1, 0.15) is 16.6 Å². The molecule has 88 valence electrons. The Morgan fingerprint density at radius 2 is 1.88 bits per heavy atom. The van der Waals surface area contributed by atoms with Crippen molar-refractivity contribution >= 4 is 17.4 Å². The van der Waals surface area contributed by atoms with Crippen LogP contribution < -0.4 is 5.32 Å². The van der Waals surface area contributed by atoms with Gasteiger partial charge in [-0.3, -0.25) is 0 Å². The Hall–Kier alpha value is -1.54. The molecule has 2 nitrogen and oxygen atoms in total. The normalized spacial score (nSPS) is 12.1. The summed E-state index contributed by atoms with van der Waals surface area (Å²) in [6, 6.07) is 15.9. The molecule has 0 saturated heterocycles. The van der Waals surface area contributed by atoms with Crippen LogP contribution in [0.25, 0.3) is 0 Å². The molecule has 2 aromatic rings. The highest BCUT2D eigenvalue weighted by Crippen LogP contribution is 2.20. The van der Waals surface area contributed by atoms with Gasteiger partial charge in [0.25, 0.3) is 0 Å². The molecule has 0 bridgehead atoms. The van der Waals surface area contributed by atoms with Crippen LogP contribution in [0.3, 0.4) is 0 Å². The Labute approximate surface area is 107 Å². The lowest BCUT2D eigenvalue weighted by Crippen LogP contribution is -2.09. The van der Waals surface area contributed by atoms with Gasteiger partial charge in [0.1, 0.15) is 5.82 Å². The minimum Gasteiger partial charge on any atom is -0.368 e. The number of rotatable bonds is 4. The predicted octanol–water partition coefficient (Wildman–Crippen LogP) is 3.78. The molecule has 0 aliphatic heterocycles. The highest BCUT2D eigenvalue weighted by molar-refractivity contribution is 6.21. The largest absolute Gasteiger partial charge is 0.368 e. The highest BCUT2D eigenvalue weighted by atomic mass is 35.5. The van der Waals surface area contributed by atoms with Crippen molar-refractivity contribution in [2.24, 2.45) is 0 Å². The van der Waals surface area contributed by atoms with Crippen LogP contribution in [-0.2, 0) is 0 Å². The van der Waals surface area contributed by atoms with Crippen LogP contribution in [0, 0.1) is 6.92 Å². The maximum absolute atomic E-state index is 6.31. The number of aromatic nitrogens is 1. The fourth-order valence-corrected chi connectivity index (χ4v) is 1.84. The molecule has 1 aromatic heterocycles. The summed E-state index contributed by atoms with van der Waals surface area (Å²) in [5, 5.41) is 3.20. The summed E-state index contributed by atoms with van der Waals surface area (Å²) in [7, 11) is 0.